The predicted molar refractivity (Wildman–Crippen MR) is 75.9 cm³/mol. The van der Waals surface area contributed by atoms with Crippen molar-refractivity contribution < 1.29 is 14.3 Å². The summed E-state index contributed by atoms with van der Waals surface area (Å²) in [5.74, 6) is 0.628. The monoisotopic (exact) mass is 275 g/mol. The van der Waals surface area contributed by atoms with Crippen molar-refractivity contribution in [3.63, 3.8) is 0 Å². The fraction of sp³-hybridized carbons (Fsp3) is 0.562. The highest BCUT2D eigenvalue weighted by atomic mass is 16.5. The van der Waals surface area contributed by atoms with Gasteiger partial charge in [-0.05, 0) is 50.6 Å². The smallest absolute Gasteiger partial charge is 0.338 e. The van der Waals surface area contributed by atoms with Crippen LogP contribution < -0.4 is 4.74 Å². The number of carbonyl (C=O) groups excluding carboxylic acids is 1. The van der Waals surface area contributed by atoms with Gasteiger partial charge in [0.25, 0.3) is 0 Å². The molecule has 0 spiro atoms. The lowest BCUT2D eigenvalue weighted by Gasteiger charge is -2.23. The molecule has 0 N–H and O–H groups in total. The molecule has 2 aliphatic heterocycles. The number of hydrogen-bond acceptors (Lipinski definition) is 4. The van der Waals surface area contributed by atoms with Crippen LogP contribution in [-0.2, 0) is 11.3 Å². The first-order valence-corrected chi connectivity index (χ1v) is 7.45. The van der Waals surface area contributed by atoms with Crippen molar-refractivity contribution in [2.45, 2.75) is 38.9 Å². The number of cyclic esters (lactones) is 1. The Hall–Kier alpha value is -1.55. The highest BCUT2D eigenvalue weighted by Crippen LogP contribution is 2.26. The van der Waals surface area contributed by atoms with E-state index in [1.807, 2.05) is 18.2 Å². The number of hydrogen-bond donors (Lipinski definition) is 0. The van der Waals surface area contributed by atoms with E-state index in [0.717, 1.165) is 30.8 Å². The van der Waals surface area contributed by atoms with Gasteiger partial charge in [0.1, 0.15) is 18.5 Å². The molecule has 0 radical (unpaired) electrons. The highest BCUT2D eigenvalue weighted by molar-refractivity contribution is 5.93. The fourth-order valence-corrected chi connectivity index (χ4v) is 2.94. The van der Waals surface area contributed by atoms with Gasteiger partial charge in [0.05, 0.1) is 5.56 Å². The third-order valence-electron chi connectivity index (χ3n) is 4.12. The maximum absolute atomic E-state index is 11.4. The average molecular weight is 275 g/mol. The van der Waals surface area contributed by atoms with Crippen LogP contribution in [0, 0.1) is 0 Å². The van der Waals surface area contributed by atoms with E-state index < -0.39 is 0 Å². The molecule has 0 aromatic heterocycles. The van der Waals surface area contributed by atoms with Gasteiger partial charge in [-0.25, -0.2) is 4.79 Å². The van der Waals surface area contributed by atoms with Crippen molar-refractivity contribution in [2.24, 2.45) is 0 Å². The molecule has 2 aliphatic rings. The zero-order chi connectivity index (χ0) is 13.9. The Kier molecular flexibility index (Phi) is 3.92. The van der Waals surface area contributed by atoms with E-state index in [1.165, 1.54) is 19.4 Å². The summed E-state index contributed by atoms with van der Waals surface area (Å²) in [4.78, 5) is 13.9. The molecule has 1 saturated heterocycles. The first-order chi connectivity index (χ1) is 9.76. The Morgan fingerprint density at radius 1 is 1.40 bits per heavy atom. The quantitative estimate of drug-likeness (QED) is 0.795. The molecule has 2 heterocycles. The summed E-state index contributed by atoms with van der Waals surface area (Å²) < 4.78 is 11.1. The number of ether oxygens (including phenoxy) is 2. The maximum Gasteiger partial charge on any atom is 0.338 e. The second-order valence-electron chi connectivity index (χ2n) is 5.52. The van der Waals surface area contributed by atoms with E-state index in [2.05, 4.69) is 11.8 Å². The van der Waals surface area contributed by atoms with Crippen LogP contribution in [-0.4, -0.2) is 36.6 Å². The van der Waals surface area contributed by atoms with Crippen molar-refractivity contribution >= 4 is 5.97 Å². The van der Waals surface area contributed by atoms with Gasteiger partial charge in [0.2, 0.25) is 0 Å². The normalized spacial score (nSPS) is 23.1. The third kappa shape index (κ3) is 2.80. The summed E-state index contributed by atoms with van der Waals surface area (Å²) in [5, 5.41) is 0. The minimum absolute atomic E-state index is 0.224. The number of likely N-dealkylation sites (tertiary alicyclic amines) is 1. The Labute approximate surface area is 119 Å². The van der Waals surface area contributed by atoms with Gasteiger partial charge in [-0.2, -0.15) is 0 Å². The first-order valence-electron chi connectivity index (χ1n) is 7.45. The number of likely N-dealkylation sites (N-methyl/N-ethyl adjacent to an activating group) is 1. The summed E-state index contributed by atoms with van der Waals surface area (Å²) in [6.07, 6.45) is 3.81. The Balaban J connectivity index is 1.69. The minimum Gasteiger partial charge on any atom is -0.489 e. The van der Waals surface area contributed by atoms with Crippen LogP contribution in [0.3, 0.4) is 0 Å². The molecule has 0 amide bonds. The maximum atomic E-state index is 11.4. The van der Waals surface area contributed by atoms with Crippen LogP contribution >= 0.6 is 0 Å². The Morgan fingerprint density at radius 2 is 2.30 bits per heavy atom. The zero-order valence-electron chi connectivity index (χ0n) is 11.9. The van der Waals surface area contributed by atoms with Crippen molar-refractivity contribution in [2.75, 3.05) is 19.6 Å². The van der Waals surface area contributed by atoms with E-state index in [-0.39, 0.29) is 12.1 Å². The number of fused-ring (bicyclic) bond motifs is 1. The Morgan fingerprint density at radius 3 is 3.15 bits per heavy atom. The van der Waals surface area contributed by atoms with Crippen molar-refractivity contribution in [1.82, 2.24) is 4.90 Å². The number of rotatable bonds is 3. The Bertz CT molecular complexity index is 500. The molecule has 108 valence electrons. The number of esters is 1. The van der Waals surface area contributed by atoms with E-state index in [4.69, 9.17) is 9.47 Å². The molecule has 3 rings (SSSR count). The summed E-state index contributed by atoms with van der Waals surface area (Å²) in [7, 11) is 0. The molecule has 4 heteroatoms. The average Bonchev–Trinajstić information content (AvgIpc) is 2.69. The van der Waals surface area contributed by atoms with Crippen LogP contribution in [0.1, 0.15) is 42.1 Å². The summed E-state index contributed by atoms with van der Waals surface area (Å²) in [5.41, 5.74) is 1.61. The number of nitrogens with zero attached hydrogens (tertiary/aromatic N) is 1. The van der Waals surface area contributed by atoms with Crippen LogP contribution in [0.2, 0.25) is 0 Å². The van der Waals surface area contributed by atoms with Crippen LogP contribution in [0.15, 0.2) is 18.2 Å². The van der Waals surface area contributed by atoms with E-state index in [0.29, 0.717) is 12.2 Å². The summed E-state index contributed by atoms with van der Waals surface area (Å²) in [6, 6.07) is 5.64. The molecule has 1 atom stereocenters. The van der Waals surface area contributed by atoms with Gasteiger partial charge in [-0.3, -0.25) is 4.90 Å². The molecular formula is C16H21NO3. The van der Waals surface area contributed by atoms with Crippen LogP contribution in [0.5, 0.6) is 5.75 Å². The third-order valence-corrected chi connectivity index (χ3v) is 4.12. The molecule has 1 fully saturated rings. The van der Waals surface area contributed by atoms with Gasteiger partial charge in [0.15, 0.2) is 0 Å². The predicted octanol–water partition coefficient (Wildman–Crippen LogP) is 2.61. The molecule has 0 unspecified atom stereocenters. The SMILES string of the molecule is CCN1CCCC[C@H](Oc2ccc3c(c2)COC3=O)C1. The fourth-order valence-electron chi connectivity index (χ4n) is 2.94. The lowest BCUT2D eigenvalue weighted by atomic mass is 10.1. The van der Waals surface area contributed by atoms with Crippen molar-refractivity contribution in [3.8, 4) is 5.75 Å². The zero-order valence-corrected chi connectivity index (χ0v) is 11.9. The lowest BCUT2D eigenvalue weighted by molar-refractivity contribution is 0.0535. The van der Waals surface area contributed by atoms with Gasteiger partial charge < -0.3 is 9.47 Å². The summed E-state index contributed by atoms with van der Waals surface area (Å²) in [6.45, 7) is 5.80. The van der Waals surface area contributed by atoms with Gasteiger partial charge in [-0.15, -0.1) is 0 Å². The molecule has 0 saturated carbocycles. The van der Waals surface area contributed by atoms with Gasteiger partial charge >= 0.3 is 5.97 Å². The summed E-state index contributed by atoms with van der Waals surface area (Å²) >= 11 is 0. The van der Waals surface area contributed by atoms with E-state index in [9.17, 15) is 4.79 Å². The van der Waals surface area contributed by atoms with Gasteiger partial charge in [-0.1, -0.05) is 6.92 Å². The molecule has 0 bridgehead atoms. The van der Waals surface area contributed by atoms with Crippen molar-refractivity contribution in [1.29, 1.82) is 0 Å². The second kappa shape index (κ2) is 5.83. The first kappa shape index (κ1) is 13.4. The second-order valence-corrected chi connectivity index (χ2v) is 5.52. The van der Waals surface area contributed by atoms with Crippen molar-refractivity contribution in [3.05, 3.63) is 29.3 Å². The highest BCUT2D eigenvalue weighted by Gasteiger charge is 2.23. The molecule has 1 aromatic rings. The molecule has 1 aromatic carbocycles. The number of carbonyl (C=O) groups is 1. The number of benzene rings is 1. The molecule has 0 aliphatic carbocycles. The largest absolute Gasteiger partial charge is 0.489 e. The minimum atomic E-state index is -0.224. The van der Waals surface area contributed by atoms with E-state index in [1.54, 1.807) is 0 Å². The van der Waals surface area contributed by atoms with Crippen LogP contribution in [0.25, 0.3) is 0 Å². The standard InChI is InChI=1S/C16H21NO3/c1-2-17-8-4-3-5-14(10-17)20-13-6-7-15-12(9-13)11-19-16(15)18/h6-7,9,14H,2-5,8,10-11H2,1H3/t14-/m0/s1. The van der Waals surface area contributed by atoms with Gasteiger partial charge in [0, 0.05) is 12.1 Å². The topological polar surface area (TPSA) is 38.8 Å². The van der Waals surface area contributed by atoms with Crippen LogP contribution in [0.4, 0.5) is 0 Å². The lowest BCUT2D eigenvalue weighted by Crippen LogP contribution is -2.33. The molecular weight excluding hydrogens is 254 g/mol. The van der Waals surface area contributed by atoms with E-state index >= 15 is 0 Å². The molecule has 20 heavy (non-hydrogen) atoms. The molecule has 4 nitrogen and oxygen atoms in total.